The summed E-state index contributed by atoms with van der Waals surface area (Å²) >= 11 is 2.05. The monoisotopic (exact) mass is 256 g/mol. The fraction of sp³-hybridized carbons (Fsp3) is 0.929. The van der Waals surface area contributed by atoms with Gasteiger partial charge in [0, 0.05) is 5.25 Å². The quantitative estimate of drug-likeness (QED) is 0.601. The maximum Gasteiger partial charge on any atom is 0.103 e. The summed E-state index contributed by atoms with van der Waals surface area (Å²) in [5, 5.41) is 13.3. The minimum Gasteiger partial charge on any atom is -0.300 e. The van der Waals surface area contributed by atoms with Gasteiger partial charge in [-0.25, -0.2) is 0 Å². The van der Waals surface area contributed by atoms with E-state index in [9.17, 15) is 5.26 Å². The highest BCUT2D eigenvalue weighted by atomic mass is 32.2. The Balaban J connectivity index is 3.66. The molecule has 100 valence electrons. The molecule has 0 aliphatic carbocycles. The molecule has 0 aromatic rings. The van der Waals surface area contributed by atoms with Gasteiger partial charge in [-0.05, 0) is 51.3 Å². The summed E-state index contributed by atoms with van der Waals surface area (Å²) in [5.41, 5.74) is -0.322. The molecule has 0 aliphatic heterocycles. The molecule has 0 heterocycles. The van der Waals surface area contributed by atoms with Crippen molar-refractivity contribution in [1.29, 1.82) is 5.26 Å². The fourth-order valence-electron chi connectivity index (χ4n) is 1.57. The van der Waals surface area contributed by atoms with Crippen LogP contribution in [-0.4, -0.2) is 23.1 Å². The predicted octanol–water partition coefficient (Wildman–Crippen LogP) is 3.97. The number of nitrogens with one attached hydrogen (secondary N) is 1. The minimum atomic E-state index is -0.322. The number of hydrogen-bond donors (Lipinski definition) is 1. The zero-order valence-corrected chi connectivity index (χ0v) is 12.7. The molecule has 2 atom stereocenters. The van der Waals surface area contributed by atoms with Crippen molar-refractivity contribution in [1.82, 2.24) is 5.32 Å². The molecule has 0 radical (unpaired) electrons. The first kappa shape index (κ1) is 16.8. The summed E-state index contributed by atoms with van der Waals surface area (Å²) in [4.78, 5) is 0. The van der Waals surface area contributed by atoms with Crippen molar-refractivity contribution in [2.24, 2.45) is 0 Å². The summed E-state index contributed by atoms with van der Waals surface area (Å²) in [7, 11) is 0. The second-order valence-electron chi connectivity index (χ2n) is 4.92. The fourth-order valence-corrected chi connectivity index (χ4v) is 2.58. The van der Waals surface area contributed by atoms with Gasteiger partial charge in [0.1, 0.15) is 5.54 Å². The molecule has 2 unspecified atom stereocenters. The van der Waals surface area contributed by atoms with Crippen LogP contribution in [0.4, 0.5) is 0 Å². The average Bonchev–Trinajstić information content (AvgIpc) is 2.35. The molecule has 0 bridgehead atoms. The molecule has 0 saturated heterocycles. The topological polar surface area (TPSA) is 35.8 Å². The lowest BCUT2D eigenvalue weighted by Crippen LogP contribution is -2.41. The highest BCUT2D eigenvalue weighted by Crippen LogP contribution is 2.18. The standard InChI is InChI=1S/C14H28N2S/c1-5-10-16-14(4,12-15)9-7-8-11-17-13(3)6-2/h13,16H,5-11H2,1-4H3. The molecule has 0 aromatic heterocycles. The molecule has 0 spiro atoms. The van der Waals surface area contributed by atoms with E-state index in [0.717, 1.165) is 31.1 Å². The van der Waals surface area contributed by atoms with Crippen molar-refractivity contribution in [2.45, 2.75) is 70.6 Å². The van der Waals surface area contributed by atoms with Crippen molar-refractivity contribution in [3.05, 3.63) is 0 Å². The third-order valence-electron chi connectivity index (χ3n) is 3.06. The van der Waals surface area contributed by atoms with Crippen LogP contribution < -0.4 is 5.32 Å². The number of nitriles is 1. The lowest BCUT2D eigenvalue weighted by atomic mass is 9.96. The molecule has 0 aliphatic rings. The van der Waals surface area contributed by atoms with Gasteiger partial charge in [0.05, 0.1) is 6.07 Å². The van der Waals surface area contributed by atoms with E-state index in [-0.39, 0.29) is 5.54 Å². The van der Waals surface area contributed by atoms with Gasteiger partial charge in [-0.1, -0.05) is 20.8 Å². The predicted molar refractivity (Wildman–Crippen MR) is 78.4 cm³/mol. The smallest absolute Gasteiger partial charge is 0.103 e. The molecular formula is C14H28N2S. The van der Waals surface area contributed by atoms with E-state index in [2.05, 4.69) is 32.2 Å². The molecule has 0 amide bonds. The third kappa shape index (κ3) is 8.51. The summed E-state index contributed by atoms with van der Waals surface area (Å²) in [6.07, 6.45) is 5.66. The van der Waals surface area contributed by atoms with Gasteiger partial charge in [0.25, 0.3) is 0 Å². The van der Waals surface area contributed by atoms with Gasteiger partial charge >= 0.3 is 0 Å². The van der Waals surface area contributed by atoms with Crippen LogP contribution in [0, 0.1) is 11.3 Å². The van der Waals surface area contributed by atoms with Gasteiger partial charge in [0.15, 0.2) is 0 Å². The first-order valence-corrected chi connectivity index (χ1v) is 7.90. The van der Waals surface area contributed by atoms with Crippen LogP contribution in [0.15, 0.2) is 0 Å². The molecule has 0 rings (SSSR count). The Morgan fingerprint density at radius 1 is 1.35 bits per heavy atom. The lowest BCUT2D eigenvalue weighted by molar-refractivity contribution is 0.406. The van der Waals surface area contributed by atoms with E-state index >= 15 is 0 Å². The maximum atomic E-state index is 9.18. The Morgan fingerprint density at radius 3 is 2.59 bits per heavy atom. The normalized spacial score (nSPS) is 16.2. The van der Waals surface area contributed by atoms with Crippen molar-refractivity contribution in [3.63, 3.8) is 0 Å². The zero-order chi connectivity index (χ0) is 13.1. The van der Waals surface area contributed by atoms with Gasteiger partial charge in [-0.2, -0.15) is 17.0 Å². The van der Waals surface area contributed by atoms with Gasteiger partial charge in [-0.15, -0.1) is 0 Å². The van der Waals surface area contributed by atoms with Crippen molar-refractivity contribution in [2.75, 3.05) is 12.3 Å². The van der Waals surface area contributed by atoms with Crippen LogP contribution in [0.25, 0.3) is 0 Å². The molecule has 0 fully saturated rings. The first-order chi connectivity index (χ1) is 8.08. The molecule has 17 heavy (non-hydrogen) atoms. The van der Waals surface area contributed by atoms with Crippen molar-refractivity contribution in [3.8, 4) is 6.07 Å². The molecule has 1 N–H and O–H groups in total. The third-order valence-corrected chi connectivity index (χ3v) is 4.49. The SMILES string of the molecule is CCCNC(C)(C#N)CCCCSC(C)CC. The van der Waals surface area contributed by atoms with E-state index in [1.807, 2.05) is 18.7 Å². The minimum absolute atomic E-state index is 0.322. The highest BCUT2D eigenvalue weighted by Gasteiger charge is 2.21. The number of unbranched alkanes of at least 4 members (excludes halogenated alkanes) is 1. The second kappa shape index (κ2) is 9.79. The number of nitrogens with zero attached hydrogens (tertiary/aromatic N) is 1. The summed E-state index contributed by atoms with van der Waals surface area (Å²) in [6.45, 7) is 9.61. The van der Waals surface area contributed by atoms with E-state index in [1.54, 1.807) is 0 Å². The second-order valence-corrected chi connectivity index (χ2v) is 6.46. The van der Waals surface area contributed by atoms with Gasteiger partial charge in [-0.3, -0.25) is 5.32 Å². The maximum absolute atomic E-state index is 9.18. The van der Waals surface area contributed by atoms with Crippen LogP contribution in [0.3, 0.4) is 0 Å². The summed E-state index contributed by atoms with van der Waals surface area (Å²) in [6, 6.07) is 2.41. The average molecular weight is 256 g/mol. The Morgan fingerprint density at radius 2 is 2.06 bits per heavy atom. The van der Waals surface area contributed by atoms with Crippen LogP contribution in [0.1, 0.15) is 59.8 Å². The number of hydrogen-bond acceptors (Lipinski definition) is 3. The molecular weight excluding hydrogens is 228 g/mol. The Hall–Kier alpha value is -0.200. The largest absolute Gasteiger partial charge is 0.300 e. The number of rotatable bonds is 10. The molecule has 0 saturated carbocycles. The summed E-state index contributed by atoms with van der Waals surface area (Å²) in [5.74, 6) is 1.23. The van der Waals surface area contributed by atoms with Crippen LogP contribution in [-0.2, 0) is 0 Å². The highest BCUT2D eigenvalue weighted by molar-refractivity contribution is 7.99. The molecule has 3 heteroatoms. The Labute approximate surface area is 112 Å². The van der Waals surface area contributed by atoms with E-state index in [0.29, 0.717) is 0 Å². The molecule has 2 nitrogen and oxygen atoms in total. The number of thioether (sulfide) groups is 1. The lowest BCUT2D eigenvalue weighted by Gasteiger charge is -2.23. The first-order valence-electron chi connectivity index (χ1n) is 6.85. The van der Waals surface area contributed by atoms with Crippen LogP contribution in [0.2, 0.25) is 0 Å². The van der Waals surface area contributed by atoms with E-state index < -0.39 is 0 Å². The van der Waals surface area contributed by atoms with Gasteiger partial charge in [0.2, 0.25) is 0 Å². The van der Waals surface area contributed by atoms with E-state index in [4.69, 9.17) is 0 Å². The van der Waals surface area contributed by atoms with Crippen molar-refractivity contribution < 1.29 is 0 Å². The van der Waals surface area contributed by atoms with Crippen LogP contribution >= 0.6 is 11.8 Å². The Kier molecular flexibility index (Phi) is 9.68. The van der Waals surface area contributed by atoms with Crippen molar-refractivity contribution >= 4 is 11.8 Å². The summed E-state index contributed by atoms with van der Waals surface area (Å²) < 4.78 is 0. The Bertz CT molecular complexity index is 225. The molecule has 0 aromatic carbocycles. The van der Waals surface area contributed by atoms with E-state index in [1.165, 1.54) is 18.6 Å². The van der Waals surface area contributed by atoms with Gasteiger partial charge < -0.3 is 0 Å². The zero-order valence-electron chi connectivity index (χ0n) is 11.9. The van der Waals surface area contributed by atoms with Crippen LogP contribution in [0.5, 0.6) is 0 Å².